The molecule has 18 heavy (non-hydrogen) atoms. The number of hydrogen-bond donors (Lipinski definition) is 2. The van der Waals surface area contributed by atoms with Gasteiger partial charge >= 0.3 is 6.18 Å². The summed E-state index contributed by atoms with van der Waals surface area (Å²) in [5.41, 5.74) is 7.12. The van der Waals surface area contributed by atoms with E-state index in [0.29, 0.717) is 0 Å². The molecule has 1 rings (SSSR count). The van der Waals surface area contributed by atoms with Crippen molar-refractivity contribution in [2.75, 3.05) is 5.75 Å². The zero-order chi connectivity index (χ0) is 13.9. The molecule has 0 saturated heterocycles. The van der Waals surface area contributed by atoms with Crippen LogP contribution >= 0.6 is 11.8 Å². The van der Waals surface area contributed by atoms with E-state index in [4.69, 9.17) is 11.1 Å². The van der Waals surface area contributed by atoms with Crippen molar-refractivity contribution in [3.63, 3.8) is 0 Å². The molecule has 1 unspecified atom stereocenters. The molecule has 0 aliphatic carbocycles. The molecule has 1 atom stereocenters. The van der Waals surface area contributed by atoms with Crippen molar-refractivity contribution in [2.45, 2.75) is 24.9 Å². The van der Waals surface area contributed by atoms with Gasteiger partial charge in [-0.15, -0.1) is 11.8 Å². The third-order valence-electron chi connectivity index (χ3n) is 2.67. The highest BCUT2D eigenvalue weighted by atomic mass is 32.2. The van der Waals surface area contributed by atoms with E-state index in [-0.39, 0.29) is 5.75 Å². The van der Waals surface area contributed by atoms with Crippen LogP contribution in [-0.4, -0.2) is 17.8 Å². The summed E-state index contributed by atoms with van der Waals surface area (Å²) in [7, 11) is 0. The van der Waals surface area contributed by atoms with Crippen molar-refractivity contribution in [2.24, 2.45) is 11.7 Å². The summed E-state index contributed by atoms with van der Waals surface area (Å²) in [5.74, 6) is -2.98. The largest absolute Gasteiger partial charge is 0.399 e. The van der Waals surface area contributed by atoms with Gasteiger partial charge in [0.05, 0.1) is 0 Å². The Balaban J connectivity index is 2.73. The van der Waals surface area contributed by atoms with Crippen LogP contribution in [0.4, 0.5) is 13.2 Å². The number of rotatable bonds is 4. The van der Waals surface area contributed by atoms with E-state index in [1.807, 2.05) is 26.0 Å². The van der Waals surface area contributed by atoms with Crippen molar-refractivity contribution in [1.82, 2.24) is 0 Å². The van der Waals surface area contributed by atoms with Gasteiger partial charge in [-0.2, -0.15) is 13.2 Å². The second-order valence-corrected chi connectivity index (χ2v) is 5.20. The molecule has 0 saturated carbocycles. The number of halogens is 3. The number of aryl methyl sites for hydroxylation is 2. The van der Waals surface area contributed by atoms with E-state index >= 15 is 0 Å². The fraction of sp³-hybridized carbons (Fsp3) is 0.417. The molecule has 1 aromatic carbocycles. The Labute approximate surface area is 108 Å². The van der Waals surface area contributed by atoms with Crippen LogP contribution in [0.5, 0.6) is 0 Å². The Bertz CT molecular complexity index is 443. The maximum Gasteiger partial charge on any atom is 0.399 e. The van der Waals surface area contributed by atoms with Crippen LogP contribution in [0.15, 0.2) is 23.1 Å². The van der Waals surface area contributed by atoms with Gasteiger partial charge in [0.2, 0.25) is 0 Å². The number of hydrogen-bond acceptors (Lipinski definition) is 2. The van der Waals surface area contributed by atoms with E-state index in [1.165, 1.54) is 0 Å². The summed E-state index contributed by atoms with van der Waals surface area (Å²) in [5, 5.41) is 6.99. The van der Waals surface area contributed by atoms with E-state index in [2.05, 4.69) is 0 Å². The van der Waals surface area contributed by atoms with Crippen LogP contribution in [-0.2, 0) is 0 Å². The Morgan fingerprint density at radius 2 is 1.94 bits per heavy atom. The molecule has 0 radical (unpaired) electrons. The Hall–Kier alpha value is -1.17. The first-order valence-corrected chi connectivity index (χ1v) is 6.31. The van der Waals surface area contributed by atoms with E-state index in [1.54, 1.807) is 6.07 Å². The molecule has 2 nitrogen and oxygen atoms in total. The average Bonchev–Trinajstić information content (AvgIpc) is 2.21. The second kappa shape index (κ2) is 5.65. The number of amidine groups is 1. The Morgan fingerprint density at radius 1 is 1.33 bits per heavy atom. The molecule has 100 valence electrons. The fourth-order valence-corrected chi connectivity index (χ4v) is 2.50. The summed E-state index contributed by atoms with van der Waals surface area (Å²) in [4.78, 5) is 0.758. The molecular formula is C12H15F3N2S. The van der Waals surface area contributed by atoms with Crippen LogP contribution in [0.25, 0.3) is 0 Å². The van der Waals surface area contributed by atoms with E-state index < -0.39 is 17.9 Å². The molecule has 6 heteroatoms. The highest BCUT2D eigenvalue weighted by Crippen LogP contribution is 2.32. The SMILES string of the molecule is Cc1ccc(SCC(C(=N)N)C(F)(F)F)cc1C. The maximum absolute atomic E-state index is 12.6. The zero-order valence-electron chi connectivity index (χ0n) is 10.1. The molecule has 0 aromatic heterocycles. The number of nitrogens with two attached hydrogens (primary N) is 1. The zero-order valence-corrected chi connectivity index (χ0v) is 11.0. The average molecular weight is 276 g/mol. The van der Waals surface area contributed by atoms with Crippen LogP contribution in [0.2, 0.25) is 0 Å². The first-order valence-electron chi connectivity index (χ1n) is 5.32. The minimum absolute atomic E-state index is 0.263. The van der Waals surface area contributed by atoms with Gasteiger partial charge in [0.1, 0.15) is 11.8 Å². The third kappa shape index (κ3) is 3.94. The number of nitrogens with one attached hydrogen (secondary N) is 1. The molecule has 0 fully saturated rings. The van der Waals surface area contributed by atoms with Crippen molar-refractivity contribution in [3.8, 4) is 0 Å². The lowest BCUT2D eigenvalue weighted by Gasteiger charge is -2.18. The topological polar surface area (TPSA) is 49.9 Å². The van der Waals surface area contributed by atoms with Gasteiger partial charge in [-0.3, -0.25) is 5.41 Å². The van der Waals surface area contributed by atoms with E-state index in [9.17, 15) is 13.2 Å². The summed E-state index contributed by atoms with van der Waals surface area (Å²) >= 11 is 1.07. The molecule has 1 aromatic rings. The monoisotopic (exact) mass is 276 g/mol. The summed E-state index contributed by atoms with van der Waals surface area (Å²) in [6.07, 6.45) is -4.46. The van der Waals surface area contributed by atoms with Gasteiger partial charge < -0.3 is 5.73 Å². The Morgan fingerprint density at radius 3 is 2.39 bits per heavy atom. The fourth-order valence-electron chi connectivity index (χ4n) is 1.34. The van der Waals surface area contributed by atoms with Crippen LogP contribution < -0.4 is 5.73 Å². The minimum atomic E-state index is -4.46. The van der Waals surface area contributed by atoms with Crippen molar-refractivity contribution in [3.05, 3.63) is 29.3 Å². The lowest BCUT2D eigenvalue weighted by Crippen LogP contribution is -2.36. The highest BCUT2D eigenvalue weighted by molar-refractivity contribution is 7.99. The molecule has 0 spiro atoms. The number of thioether (sulfide) groups is 1. The molecule has 3 N–H and O–H groups in total. The van der Waals surface area contributed by atoms with Crippen LogP contribution in [0, 0.1) is 25.2 Å². The van der Waals surface area contributed by atoms with Crippen molar-refractivity contribution < 1.29 is 13.2 Å². The molecule has 0 heterocycles. The van der Waals surface area contributed by atoms with Crippen molar-refractivity contribution in [1.29, 1.82) is 5.41 Å². The lowest BCUT2D eigenvalue weighted by atomic mass is 10.1. The van der Waals surface area contributed by atoms with Gasteiger partial charge in [-0.1, -0.05) is 6.07 Å². The first-order chi connectivity index (χ1) is 8.21. The number of benzene rings is 1. The molecule has 0 bridgehead atoms. The third-order valence-corrected chi connectivity index (χ3v) is 3.75. The number of alkyl halides is 3. The van der Waals surface area contributed by atoms with Gasteiger partial charge in [0, 0.05) is 10.6 Å². The molecule has 0 aliphatic rings. The normalized spacial score (nSPS) is 13.4. The van der Waals surface area contributed by atoms with Crippen LogP contribution in [0.3, 0.4) is 0 Å². The first kappa shape index (κ1) is 14.9. The summed E-state index contributed by atoms with van der Waals surface area (Å²) < 4.78 is 37.7. The van der Waals surface area contributed by atoms with Gasteiger partial charge in [-0.25, -0.2) is 0 Å². The molecule has 0 aliphatic heterocycles. The van der Waals surface area contributed by atoms with Crippen molar-refractivity contribution >= 4 is 17.6 Å². The van der Waals surface area contributed by atoms with Gasteiger partial charge in [0.15, 0.2) is 0 Å². The summed E-state index contributed by atoms with van der Waals surface area (Å²) in [6.45, 7) is 3.85. The van der Waals surface area contributed by atoms with Gasteiger partial charge in [-0.05, 0) is 37.1 Å². The lowest BCUT2D eigenvalue weighted by molar-refractivity contribution is -0.149. The quantitative estimate of drug-likeness (QED) is 0.502. The van der Waals surface area contributed by atoms with E-state index in [0.717, 1.165) is 27.8 Å². The Kier molecular flexibility index (Phi) is 4.67. The maximum atomic E-state index is 12.6. The summed E-state index contributed by atoms with van der Waals surface area (Å²) in [6, 6.07) is 5.49. The van der Waals surface area contributed by atoms with Gasteiger partial charge in [0.25, 0.3) is 0 Å². The van der Waals surface area contributed by atoms with Crippen LogP contribution in [0.1, 0.15) is 11.1 Å². The molecule has 0 amide bonds. The smallest absolute Gasteiger partial charge is 0.387 e. The highest BCUT2D eigenvalue weighted by Gasteiger charge is 2.41. The standard InChI is InChI=1S/C12H15F3N2S/c1-7-3-4-9(5-8(7)2)18-6-10(11(16)17)12(13,14)15/h3-5,10H,6H2,1-2H3,(H3,16,17). The minimum Gasteiger partial charge on any atom is -0.387 e. The predicted molar refractivity (Wildman–Crippen MR) is 68.1 cm³/mol. The molecular weight excluding hydrogens is 261 g/mol. The predicted octanol–water partition coefficient (Wildman–Crippen LogP) is 3.51. The second-order valence-electron chi connectivity index (χ2n) is 4.11.